The molecule has 20 heavy (non-hydrogen) atoms. The Kier molecular flexibility index (Phi) is 4.57. The number of anilines is 1. The van der Waals surface area contributed by atoms with Crippen molar-refractivity contribution in [3.63, 3.8) is 0 Å². The Labute approximate surface area is 129 Å². The van der Waals surface area contributed by atoms with Crippen molar-refractivity contribution in [1.29, 1.82) is 0 Å². The lowest BCUT2D eigenvalue weighted by molar-refractivity contribution is -0.384. The molecule has 1 aromatic carbocycles. The van der Waals surface area contributed by atoms with E-state index in [1.54, 1.807) is 18.3 Å². The summed E-state index contributed by atoms with van der Waals surface area (Å²) in [6.07, 6.45) is 1.62. The van der Waals surface area contributed by atoms with Gasteiger partial charge in [-0.25, -0.2) is 4.98 Å². The van der Waals surface area contributed by atoms with Crippen LogP contribution in [0.2, 0.25) is 5.15 Å². The number of nitrogens with one attached hydrogen (secondary N) is 1. The van der Waals surface area contributed by atoms with Crippen LogP contribution in [0.5, 0.6) is 0 Å². The molecule has 1 heterocycles. The van der Waals surface area contributed by atoms with Gasteiger partial charge in [0.15, 0.2) is 5.15 Å². The highest BCUT2D eigenvalue weighted by molar-refractivity contribution is 9.10. The summed E-state index contributed by atoms with van der Waals surface area (Å²) in [5.74, 6) is 0. The van der Waals surface area contributed by atoms with Crippen LogP contribution in [-0.2, 0) is 0 Å². The van der Waals surface area contributed by atoms with Gasteiger partial charge in [0.05, 0.1) is 10.6 Å². The quantitative estimate of drug-likeness (QED) is 0.494. The third-order valence-electron chi connectivity index (χ3n) is 2.78. The first kappa shape index (κ1) is 14.7. The molecular formula is C13H11BrClN3O2. The maximum absolute atomic E-state index is 10.6. The number of halogens is 2. The first-order valence-electron chi connectivity index (χ1n) is 5.79. The van der Waals surface area contributed by atoms with Crippen LogP contribution in [0.15, 0.2) is 41.0 Å². The van der Waals surface area contributed by atoms with Crippen molar-refractivity contribution in [2.45, 2.75) is 13.0 Å². The van der Waals surface area contributed by atoms with E-state index in [-0.39, 0.29) is 11.7 Å². The predicted octanol–water partition coefficient (Wildman–Crippen LogP) is 4.58. The third kappa shape index (κ3) is 3.46. The minimum absolute atomic E-state index is 0.0515. The van der Waals surface area contributed by atoms with Crippen molar-refractivity contribution in [2.75, 3.05) is 5.32 Å². The second-order valence-corrected chi connectivity index (χ2v) is 5.48. The highest BCUT2D eigenvalue weighted by Crippen LogP contribution is 2.27. The number of pyridine rings is 1. The first-order valence-corrected chi connectivity index (χ1v) is 6.96. The Balaban J connectivity index is 2.17. The Morgan fingerprint density at radius 2 is 2.05 bits per heavy atom. The second kappa shape index (κ2) is 6.19. The van der Waals surface area contributed by atoms with Gasteiger partial charge in [0.2, 0.25) is 0 Å². The van der Waals surface area contributed by atoms with Gasteiger partial charge < -0.3 is 5.32 Å². The lowest BCUT2D eigenvalue weighted by Crippen LogP contribution is -2.07. The SMILES string of the molecule is CC(Nc1cc(Br)cnc1Cl)c1ccc([N+](=O)[O-])cc1. The Bertz CT molecular complexity index is 634. The molecule has 0 aliphatic heterocycles. The van der Waals surface area contributed by atoms with Crippen LogP contribution in [-0.4, -0.2) is 9.91 Å². The second-order valence-electron chi connectivity index (χ2n) is 4.21. The van der Waals surface area contributed by atoms with Gasteiger partial charge in [-0.05, 0) is 34.5 Å². The molecule has 104 valence electrons. The van der Waals surface area contributed by atoms with E-state index in [4.69, 9.17) is 11.6 Å². The molecule has 7 heteroatoms. The molecule has 0 saturated heterocycles. The zero-order valence-corrected chi connectivity index (χ0v) is 12.9. The summed E-state index contributed by atoms with van der Waals surface area (Å²) >= 11 is 9.34. The Hall–Kier alpha value is -1.66. The van der Waals surface area contributed by atoms with Gasteiger partial charge in [-0.15, -0.1) is 0 Å². The van der Waals surface area contributed by atoms with Crippen molar-refractivity contribution >= 4 is 38.9 Å². The number of nitro groups is 1. The van der Waals surface area contributed by atoms with Crippen molar-refractivity contribution in [3.05, 3.63) is 61.8 Å². The smallest absolute Gasteiger partial charge is 0.269 e. The molecule has 0 amide bonds. The summed E-state index contributed by atoms with van der Waals surface area (Å²) < 4.78 is 0.820. The molecule has 0 spiro atoms. The number of hydrogen-bond donors (Lipinski definition) is 1. The number of nitro benzene ring substituents is 1. The molecule has 0 aliphatic rings. The van der Waals surface area contributed by atoms with E-state index < -0.39 is 4.92 Å². The molecule has 1 atom stereocenters. The van der Waals surface area contributed by atoms with Gasteiger partial charge >= 0.3 is 0 Å². The number of non-ortho nitro benzene ring substituents is 1. The Morgan fingerprint density at radius 1 is 1.40 bits per heavy atom. The molecule has 1 N–H and O–H groups in total. The Morgan fingerprint density at radius 3 is 2.65 bits per heavy atom. The van der Waals surface area contributed by atoms with E-state index >= 15 is 0 Å². The third-order valence-corrected chi connectivity index (χ3v) is 3.52. The van der Waals surface area contributed by atoms with Crippen LogP contribution in [0, 0.1) is 10.1 Å². The van der Waals surface area contributed by atoms with Crippen molar-refractivity contribution in [1.82, 2.24) is 4.98 Å². The summed E-state index contributed by atoms with van der Waals surface area (Å²) in [7, 11) is 0. The van der Waals surface area contributed by atoms with Crippen LogP contribution in [0.25, 0.3) is 0 Å². The van der Waals surface area contributed by atoms with E-state index in [1.807, 2.05) is 13.0 Å². The zero-order valence-electron chi connectivity index (χ0n) is 10.5. The van der Waals surface area contributed by atoms with Gasteiger partial charge in [0.1, 0.15) is 0 Å². The summed E-state index contributed by atoms with van der Waals surface area (Å²) in [6, 6.07) is 8.17. The van der Waals surface area contributed by atoms with Gasteiger partial charge in [-0.3, -0.25) is 10.1 Å². The van der Waals surface area contributed by atoms with Crippen LogP contribution < -0.4 is 5.32 Å². The number of aromatic nitrogens is 1. The topological polar surface area (TPSA) is 68.1 Å². The fraction of sp³-hybridized carbons (Fsp3) is 0.154. The molecule has 1 unspecified atom stereocenters. The van der Waals surface area contributed by atoms with Crippen molar-refractivity contribution in [3.8, 4) is 0 Å². The number of rotatable bonds is 4. The van der Waals surface area contributed by atoms with Crippen LogP contribution >= 0.6 is 27.5 Å². The van der Waals surface area contributed by atoms with E-state index in [2.05, 4.69) is 26.2 Å². The molecular weight excluding hydrogens is 346 g/mol. The lowest BCUT2D eigenvalue weighted by atomic mass is 10.1. The molecule has 0 aliphatic carbocycles. The average molecular weight is 357 g/mol. The van der Waals surface area contributed by atoms with Gasteiger partial charge in [-0.1, -0.05) is 23.7 Å². The van der Waals surface area contributed by atoms with Gasteiger partial charge in [0, 0.05) is 28.8 Å². The number of benzene rings is 1. The maximum Gasteiger partial charge on any atom is 0.269 e. The van der Waals surface area contributed by atoms with Gasteiger partial charge in [-0.2, -0.15) is 0 Å². The molecule has 5 nitrogen and oxygen atoms in total. The average Bonchev–Trinajstić information content (AvgIpc) is 2.43. The van der Waals surface area contributed by atoms with E-state index in [0.717, 1.165) is 10.0 Å². The largest absolute Gasteiger partial charge is 0.376 e. The minimum Gasteiger partial charge on any atom is -0.376 e. The fourth-order valence-electron chi connectivity index (χ4n) is 1.73. The summed E-state index contributed by atoms with van der Waals surface area (Å²) in [6.45, 7) is 1.94. The van der Waals surface area contributed by atoms with Crippen LogP contribution in [0.3, 0.4) is 0 Å². The van der Waals surface area contributed by atoms with Crippen molar-refractivity contribution < 1.29 is 4.92 Å². The normalized spacial score (nSPS) is 11.9. The molecule has 1 aromatic heterocycles. The molecule has 0 bridgehead atoms. The maximum atomic E-state index is 10.6. The summed E-state index contributed by atoms with van der Waals surface area (Å²) in [5, 5.41) is 14.2. The minimum atomic E-state index is -0.420. The molecule has 2 rings (SSSR count). The number of hydrogen-bond acceptors (Lipinski definition) is 4. The monoisotopic (exact) mass is 355 g/mol. The zero-order chi connectivity index (χ0) is 14.7. The summed E-state index contributed by atoms with van der Waals surface area (Å²) in [5.41, 5.74) is 1.70. The predicted molar refractivity (Wildman–Crippen MR) is 82.1 cm³/mol. The highest BCUT2D eigenvalue weighted by Gasteiger charge is 2.11. The van der Waals surface area contributed by atoms with Gasteiger partial charge in [0.25, 0.3) is 5.69 Å². The number of nitrogens with zero attached hydrogens (tertiary/aromatic N) is 2. The van der Waals surface area contributed by atoms with Crippen LogP contribution in [0.4, 0.5) is 11.4 Å². The summed E-state index contributed by atoms with van der Waals surface area (Å²) in [4.78, 5) is 14.2. The lowest BCUT2D eigenvalue weighted by Gasteiger charge is -2.16. The van der Waals surface area contributed by atoms with Crippen LogP contribution in [0.1, 0.15) is 18.5 Å². The molecule has 0 radical (unpaired) electrons. The van der Waals surface area contributed by atoms with E-state index in [0.29, 0.717) is 10.8 Å². The fourth-order valence-corrected chi connectivity index (χ4v) is 2.21. The van der Waals surface area contributed by atoms with E-state index in [9.17, 15) is 10.1 Å². The van der Waals surface area contributed by atoms with Crippen molar-refractivity contribution in [2.24, 2.45) is 0 Å². The molecule has 0 fully saturated rings. The molecule has 2 aromatic rings. The standard InChI is InChI=1S/C13H11BrClN3O2/c1-8(9-2-4-11(5-3-9)18(19)20)17-12-6-10(14)7-16-13(12)15/h2-8,17H,1H3. The first-order chi connectivity index (χ1) is 9.47. The molecule has 0 saturated carbocycles. The van der Waals surface area contributed by atoms with E-state index in [1.165, 1.54) is 12.1 Å². The highest BCUT2D eigenvalue weighted by atomic mass is 79.9.